The second kappa shape index (κ2) is 6.22. The summed E-state index contributed by atoms with van der Waals surface area (Å²) in [5.41, 5.74) is 6.64. The van der Waals surface area contributed by atoms with Gasteiger partial charge in [-0.1, -0.05) is 12.2 Å². The lowest BCUT2D eigenvalue weighted by Crippen LogP contribution is -2.44. The summed E-state index contributed by atoms with van der Waals surface area (Å²) in [5, 5.41) is 5.16. The number of nitrogens with two attached hydrogens (primary N) is 2. The first-order chi connectivity index (χ1) is 11.3. The number of carbonyl (C=O) groups excluding carboxylic acids is 1. The van der Waals surface area contributed by atoms with E-state index in [-0.39, 0.29) is 15.9 Å². The summed E-state index contributed by atoms with van der Waals surface area (Å²) in [6, 6.07) is 4.38. The van der Waals surface area contributed by atoms with Gasteiger partial charge in [-0.05, 0) is 55.7 Å². The lowest BCUT2D eigenvalue weighted by Gasteiger charge is -2.45. The average Bonchev–Trinajstić information content (AvgIpc) is 2.54. The molecule has 1 spiro atoms. The Bertz CT molecular complexity index is 788. The zero-order chi connectivity index (χ0) is 17.4. The third-order valence-electron chi connectivity index (χ3n) is 5.12. The van der Waals surface area contributed by atoms with Gasteiger partial charge in [-0.15, -0.1) is 0 Å². The first-order valence-corrected chi connectivity index (χ1v) is 9.72. The van der Waals surface area contributed by atoms with Crippen molar-refractivity contribution in [2.45, 2.75) is 37.0 Å². The third kappa shape index (κ3) is 3.32. The van der Waals surface area contributed by atoms with Crippen LogP contribution >= 0.6 is 0 Å². The molecule has 0 radical (unpaired) electrons. The predicted octanol–water partition coefficient (Wildman–Crippen LogP) is 1.76. The molecule has 6 nitrogen and oxygen atoms in total. The smallest absolute Gasteiger partial charge is 0.250 e. The fourth-order valence-electron chi connectivity index (χ4n) is 3.89. The number of amides is 1. The minimum absolute atomic E-state index is 0.0904. The van der Waals surface area contributed by atoms with Crippen molar-refractivity contribution < 1.29 is 13.2 Å². The number of primary amides is 1. The first kappa shape index (κ1) is 17.0. The molecule has 130 valence electrons. The number of allylic oxidation sites excluding steroid dienone is 2. The maximum atomic E-state index is 11.9. The van der Waals surface area contributed by atoms with Gasteiger partial charge >= 0.3 is 0 Å². The fourth-order valence-corrected chi connectivity index (χ4v) is 4.43. The zero-order valence-electron chi connectivity index (χ0n) is 13.6. The van der Waals surface area contributed by atoms with Gasteiger partial charge in [0.2, 0.25) is 10.0 Å². The lowest BCUT2D eigenvalue weighted by molar-refractivity contribution is 0.1000. The highest BCUT2D eigenvalue weighted by atomic mass is 32.2. The number of sulfonamides is 1. The molecule has 24 heavy (non-hydrogen) atoms. The quantitative estimate of drug-likeness (QED) is 0.811. The van der Waals surface area contributed by atoms with Crippen LogP contribution in [0, 0.1) is 5.41 Å². The Morgan fingerprint density at radius 3 is 2.62 bits per heavy atom. The van der Waals surface area contributed by atoms with E-state index in [0.29, 0.717) is 5.69 Å². The van der Waals surface area contributed by atoms with Crippen molar-refractivity contribution in [1.82, 2.24) is 0 Å². The molecule has 1 saturated heterocycles. The van der Waals surface area contributed by atoms with Gasteiger partial charge in [0.15, 0.2) is 0 Å². The molecule has 1 unspecified atom stereocenters. The first-order valence-electron chi connectivity index (χ1n) is 8.17. The highest BCUT2D eigenvalue weighted by Gasteiger charge is 2.36. The third-order valence-corrected chi connectivity index (χ3v) is 6.03. The Balaban J connectivity index is 1.96. The summed E-state index contributed by atoms with van der Waals surface area (Å²) in [5.74, 6) is -0.640. The molecule has 1 aliphatic carbocycles. The Hall–Kier alpha value is -1.86. The molecule has 1 amide bonds. The topological polar surface area (TPSA) is 106 Å². The average molecular weight is 349 g/mol. The molecule has 1 aromatic carbocycles. The zero-order valence-corrected chi connectivity index (χ0v) is 14.4. The summed E-state index contributed by atoms with van der Waals surface area (Å²) >= 11 is 0. The minimum atomic E-state index is -3.87. The molecule has 4 N–H and O–H groups in total. The van der Waals surface area contributed by atoms with E-state index < -0.39 is 15.9 Å². The van der Waals surface area contributed by atoms with E-state index in [1.807, 2.05) is 0 Å². The van der Waals surface area contributed by atoms with Crippen molar-refractivity contribution in [2.24, 2.45) is 16.3 Å². The van der Waals surface area contributed by atoms with Crippen LogP contribution in [-0.4, -0.2) is 27.4 Å². The molecule has 0 aromatic heterocycles. The molecule has 1 fully saturated rings. The molecular formula is C17H23N3O3S. The largest absolute Gasteiger partial charge is 0.370 e. The Kier molecular flexibility index (Phi) is 4.40. The van der Waals surface area contributed by atoms with Gasteiger partial charge in [0.1, 0.15) is 0 Å². The van der Waals surface area contributed by atoms with E-state index in [4.69, 9.17) is 10.9 Å². The van der Waals surface area contributed by atoms with E-state index in [1.165, 1.54) is 18.6 Å². The summed E-state index contributed by atoms with van der Waals surface area (Å²) in [4.78, 5) is 13.9. The van der Waals surface area contributed by atoms with Crippen LogP contribution in [0.5, 0.6) is 0 Å². The van der Waals surface area contributed by atoms with E-state index in [1.54, 1.807) is 6.07 Å². The van der Waals surface area contributed by atoms with Crippen LogP contribution in [0.2, 0.25) is 0 Å². The van der Waals surface area contributed by atoms with Gasteiger partial charge in [0, 0.05) is 18.8 Å². The Labute approximate surface area is 142 Å². The second-order valence-corrected chi connectivity index (χ2v) is 8.39. The number of piperidine rings is 1. The normalized spacial score (nSPS) is 24.3. The number of anilines is 1. The molecule has 2 aliphatic rings. The highest BCUT2D eigenvalue weighted by molar-refractivity contribution is 7.89. The number of hydrogen-bond donors (Lipinski definition) is 2. The molecule has 1 heterocycles. The number of carbonyl (C=O) groups is 1. The molecule has 1 atom stereocenters. The minimum Gasteiger partial charge on any atom is -0.370 e. The van der Waals surface area contributed by atoms with Gasteiger partial charge in [-0.2, -0.15) is 0 Å². The van der Waals surface area contributed by atoms with Crippen molar-refractivity contribution >= 4 is 21.6 Å². The molecule has 0 saturated carbocycles. The SMILES string of the molecule is NC(=O)c1cc(S(N)(=O)=O)ccc1N1CCCC2(CC=CCC2)C1. The fraction of sp³-hybridized carbons (Fsp3) is 0.471. The van der Waals surface area contributed by atoms with Crippen LogP contribution in [0.4, 0.5) is 5.69 Å². The number of hydrogen-bond acceptors (Lipinski definition) is 4. The van der Waals surface area contributed by atoms with Crippen molar-refractivity contribution in [3.05, 3.63) is 35.9 Å². The van der Waals surface area contributed by atoms with Crippen molar-refractivity contribution in [3.8, 4) is 0 Å². The van der Waals surface area contributed by atoms with E-state index in [9.17, 15) is 13.2 Å². The molecule has 7 heteroatoms. The monoisotopic (exact) mass is 349 g/mol. The maximum Gasteiger partial charge on any atom is 0.250 e. The van der Waals surface area contributed by atoms with Crippen LogP contribution in [0.3, 0.4) is 0 Å². The Morgan fingerprint density at radius 1 is 1.21 bits per heavy atom. The summed E-state index contributed by atoms with van der Waals surface area (Å²) in [6.07, 6.45) is 9.96. The van der Waals surface area contributed by atoms with Gasteiger partial charge in [0.25, 0.3) is 5.91 Å². The van der Waals surface area contributed by atoms with E-state index in [0.717, 1.165) is 38.8 Å². The highest BCUT2D eigenvalue weighted by Crippen LogP contribution is 2.42. The summed E-state index contributed by atoms with van der Waals surface area (Å²) in [7, 11) is -3.87. The number of primary sulfonamides is 1. The Morgan fingerprint density at radius 2 is 2.00 bits per heavy atom. The molecular weight excluding hydrogens is 326 g/mol. The van der Waals surface area contributed by atoms with Gasteiger partial charge in [-0.3, -0.25) is 4.79 Å². The van der Waals surface area contributed by atoms with Crippen LogP contribution in [0.1, 0.15) is 42.5 Å². The second-order valence-electron chi connectivity index (χ2n) is 6.83. The number of rotatable bonds is 3. The maximum absolute atomic E-state index is 11.9. The van der Waals surface area contributed by atoms with Crippen molar-refractivity contribution in [1.29, 1.82) is 0 Å². The molecule has 3 rings (SSSR count). The van der Waals surface area contributed by atoms with Crippen LogP contribution < -0.4 is 15.8 Å². The predicted molar refractivity (Wildman–Crippen MR) is 93.2 cm³/mol. The lowest BCUT2D eigenvalue weighted by atomic mass is 9.71. The van der Waals surface area contributed by atoms with Crippen LogP contribution in [0.15, 0.2) is 35.2 Å². The number of benzene rings is 1. The van der Waals surface area contributed by atoms with Crippen LogP contribution in [0.25, 0.3) is 0 Å². The standard InChI is InChI=1S/C17H23N3O3S/c18-16(21)14-11-13(24(19,22)23)5-6-15(14)20-10-4-9-17(12-20)7-2-1-3-8-17/h1-2,5-6,11H,3-4,7-10,12H2,(H2,18,21)(H2,19,22,23). The molecule has 1 aromatic rings. The number of nitrogens with zero attached hydrogens (tertiary/aromatic N) is 1. The van der Waals surface area contributed by atoms with Gasteiger partial charge < -0.3 is 10.6 Å². The summed E-state index contributed by atoms with van der Waals surface area (Å²) < 4.78 is 23.1. The summed E-state index contributed by atoms with van der Waals surface area (Å²) in [6.45, 7) is 1.69. The van der Waals surface area contributed by atoms with Crippen LogP contribution in [-0.2, 0) is 10.0 Å². The van der Waals surface area contributed by atoms with Gasteiger partial charge in [-0.25, -0.2) is 13.6 Å². The molecule has 0 bridgehead atoms. The van der Waals surface area contributed by atoms with E-state index >= 15 is 0 Å². The van der Waals surface area contributed by atoms with Crippen molar-refractivity contribution in [2.75, 3.05) is 18.0 Å². The molecule has 1 aliphatic heterocycles. The van der Waals surface area contributed by atoms with E-state index in [2.05, 4.69) is 17.1 Å². The van der Waals surface area contributed by atoms with Gasteiger partial charge in [0.05, 0.1) is 10.5 Å². The van der Waals surface area contributed by atoms with Crippen molar-refractivity contribution in [3.63, 3.8) is 0 Å².